The number of aromatic amines is 1. The minimum Gasteiger partial charge on any atom is -0.364 e. The zero-order valence-electron chi connectivity index (χ0n) is 13.8. The zero-order valence-corrected chi connectivity index (χ0v) is 13.8. The zero-order chi connectivity index (χ0) is 17.7. The molecule has 2 fully saturated rings. The van der Waals surface area contributed by atoms with E-state index in [2.05, 4.69) is 10.3 Å². The summed E-state index contributed by atoms with van der Waals surface area (Å²) < 4.78 is 0. The molecule has 4 unspecified atom stereocenters. The van der Waals surface area contributed by atoms with Crippen molar-refractivity contribution in [3.8, 4) is 0 Å². The maximum absolute atomic E-state index is 12.5. The van der Waals surface area contributed by atoms with Crippen molar-refractivity contribution in [2.45, 2.75) is 13.3 Å². The SMILES string of the molecule is Cc1cc(=O)c(C(=O)NCCN2C(=O)C3C4C=CC(C4)C3C2=O)c[nH]1. The highest BCUT2D eigenvalue weighted by Gasteiger charge is 2.58. The van der Waals surface area contributed by atoms with E-state index >= 15 is 0 Å². The van der Waals surface area contributed by atoms with Gasteiger partial charge in [-0.25, -0.2) is 0 Å². The van der Waals surface area contributed by atoms with Crippen LogP contribution in [0.2, 0.25) is 0 Å². The summed E-state index contributed by atoms with van der Waals surface area (Å²) in [5.74, 6) is -0.864. The van der Waals surface area contributed by atoms with Crippen molar-refractivity contribution >= 4 is 17.7 Å². The van der Waals surface area contributed by atoms with Crippen molar-refractivity contribution in [2.75, 3.05) is 13.1 Å². The fourth-order valence-corrected chi connectivity index (χ4v) is 4.31. The van der Waals surface area contributed by atoms with Gasteiger partial charge in [0.25, 0.3) is 5.91 Å². The monoisotopic (exact) mass is 341 g/mol. The number of aromatic nitrogens is 1. The topological polar surface area (TPSA) is 99.3 Å². The molecule has 2 heterocycles. The van der Waals surface area contributed by atoms with Gasteiger partial charge in [-0.05, 0) is 25.2 Å². The molecule has 2 bridgehead atoms. The second-order valence-corrected chi connectivity index (χ2v) is 6.98. The third-order valence-corrected chi connectivity index (χ3v) is 5.48. The van der Waals surface area contributed by atoms with Gasteiger partial charge in [-0.1, -0.05) is 12.2 Å². The van der Waals surface area contributed by atoms with Crippen LogP contribution >= 0.6 is 0 Å². The fourth-order valence-electron chi connectivity index (χ4n) is 4.31. The van der Waals surface area contributed by atoms with E-state index in [1.165, 1.54) is 17.2 Å². The standard InChI is InChI=1S/C18H19N3O4/c1-9-6-13(22)12(8-20-9)16(23)19-4-5-21-17(24)14-10-2-3-11(7-10)15(14)18(21)25/h2-3,6,8,10-11,14-15H,4-5,7H2,1H3,(H,19,23)(H,20,22). The number of nitrogens with one attached hydrogen (secondary N) is 2. The highest BCUT2D eigenvalue weighted by Crippen LogP contribution is 2.52. The summed E-state index contributed by atoms with van der Waals surface area (Å²) in [6, 6.07) is 1.35. The van der Waals surface area contributed by atoms with Gasteiger partial charge < -0.3 is 10.3 Å². The predicted octanol–water partition coefficient (Wildman–Crippen LogP) is 0.220. The van der Waals surface area contributed by atoms with Crippen LogP contribution in [0.3, 0.4) is 0 Å². The first-order valence-corrected chi connectivity index (χ1v) is 8.48. The van der Waals surface area contributed by atoms with Crippen LogP contribution in [0.25, 0.3) is 0 Å². The van der Waals surface area contributed by atoms with Crippen molar-refractivity contribution in [1.29, 1.82) is 0 Å². The van der Waals surface area contributed by atoms with Crippen molar-refractivity contribution in [3.05, 3.63) is 45.9 Å². The molecule has 2 aliphatic carbocycles. The molecule has 1 saturated carbocycles. The Morgan fingerprint density at radius 1 is 1.20 bits per heavy atom. The maximum Gasteiger partial charge on any atom is 0.256 e. The maximum atomic E-state index is 12.5. The number of carbonyl (C=O) groups excluding carboxylic acids is 3. The largest absolute Gasteiger partial charge is 0.364 e. The minimum absolute atomic E-state index is 0.0174. The van der Waals surface area contributed by atoms with Gasteiger partial charge in [0.15, 0.2) is 5.43 Å². The summed E-state index contributed by atoms with van der Waals surface area (Å²) in [5.41, 5.74) is 0.327. The average Bonchev–Trinajstić information content (AvgIpc) is 3.24. The van der Waals surface area contributed by atoms with Gasteiger partial charge >= 0.3 is 0 Å². The molecule has 2 N–H and O–H groups in total. The normalized spacial score (nSPS) is 29.4. The van der Waals surface area contributed by atoms with E-state index in [0.29, 0.717) is 5.69 Å². The number of likely N-dealkylation sites (tertiary alicyclic amines) is 1. The third-order valence-electron chi connectivity index (χ3n) is 5.48. The summed E-state index contributed by atoms with van der Waals surface area (Å²) in [5, 5.41) is 2.61. The lowest BCUT2D eigenvalue weighted by molar-refractivity contribution is -0.140. The first-order valence-electron chi connectivity index (χ1n) is 8.48. The molecule has 7 heteroatoms. The van der Waals surface area contributed by atoms with Gasteiger partial charge in [-0.2, -0.15) is 0 Å². The van der Waals surface area contributed by atoms with E-state index in [1.54, 1.807) is 6.92 Å². The Hall–Kier alpha value is -2.70. The third kappa shape index (κ3) is 2.42. The van der Waals surface area contributed by atoms with Gasteiger partial charge in [0, 0.05) is 31.0 Å². The Bertz CT molecular complexity index is 826. The number of carbonyl (C=O) groups is 3. The molecule has 4 atom stereocenters. The van der Waals surface area contributed by atoms with Crippen molar-refractivity contribution in [1.82, 2.24) is 15.2 Å². The number of imide groups is 1. The molecule has 1 saturated heterocycles. The lowest BCUT2D eigenvalue weighted by atomic mass is 9.85. The van der Waals surface area contributed by atoms with E-state index < -0.39 is 5.91 Å². The number of pyridine rings is 1. The summed E-state index contributed by atoms with van der Waals surface area (Å²) in [6.07, 6.45) is 6.36. The molecule has 1 aromatic rings. The van der Waals surface area contributed by atoms with Crippen LogP contribution in [0.5, 0.6) is 0 Å². The number of allylic oxidation sites excluding steroid dienone is 2. The number of hydrogen-bond acceptors (Lipinski definition) is 4. The molecule has 3 aliphatic rings. The Morgan fingerprint density at radius 2 is 1.84 bits per heavy atom. The van der Waals surface area contributed by atoms with Gasteiger partial charge in [-0.3, -0.25) is 24.1 Å². The van der Waals surface area contributed by atoms with Crippen LogP contribution in [-0.4, -0.2) is 40.7 Å². The molecule has 7 nitrogen and oxygen atoms in total. The van der Waals surface area contributed by atoms with Crippen LogP contribution in [-0.2, 0) is 9.59 Å². The molecule has 0 spiro atoms. The van der Waals surface area contributed by atoms with Crippen LogP contribution in [0.1, 0.15) is 22.5 Å². The van der Waals surface area contributed by atoms with Crippen molar-refractivity contribution < 1.29 is 14.4 Å². The summed E-state index contributed by atoms with van der Waals surface area (Å²) in [7, 11) is 0. The van der Waals surface area contributed by atoms with Gasteiger partial charge in [0.2, 0.25) is 11.8 Å². The smallest absolute Gasteiger partial charge is 0.256 e. The average molecular weight is 341 g/mol. The van der Waals surface area contributed by atoms with Crippen LogP contribution in [0.15, 0.2) is 29.2 Å². The number of fused-ring (bicyclic) bond motifs is 5. The lowest BCUT2D eigenvalue weighted by Gasteiger charge is -2.17. The minimum atomic E-state index is -0.512. The number of hydrogen-bond donors (Lipinski definition) is 2. The van der Waals surface area contributed by atoms with E-state index in [1.807, 2.05) is 12.2 Å². The van der Waals surface area contributed by atoms with Crippen LogP contribution in [0.4, 0.5) is 0 Å². The molecule has 130 valence electrons. The van der Waals surface area contributed by atoms with E-state index in [-0.39, 0.29) is 59.6 Å². The lowest BCUT2D eigenvalue weighted by Crippen LogP contribution is -2.40. The molecular weight excluding hydrogens is 322 g/mol. The van der Waals surface area contributed by atoms with E-state index in [0.717, 1.165) is 6.42 Å². The number of amides is 3. The predicted molar refractivity (Wildman–Crippen MR) is 88.6 cm³/mol. The van der Waals surface area contributed by atoms with Gasteiger partial charge in [-0.15, -0.1) is 0 Å². The Balaban J connectivity index is 1.38. The number of rotatable bonds is 4. The molecule has 4 rings (SSSR count). The molecule has 0 aromatic carbocycles. The first kappa shape index (κ1) is 15.8. The molecular formula is C18H19N3O4. The Kier molecular flexibility index (Phi) is 3.59. The molecule has 1 aliphatic heterocycles. The molecule has 0 radical (unpaired) electrons. The number of nitrogens with zero attached hydrogens (tertiary/aromatic N) is 1. The Labute approximate surface area is 144 Å². The van der Waals surface area contributed by atoms with Gasteiger partial charge in [0.1, 0.15) is 5.56 Å². The highest BCUT2D eigenvalue weighted by atomic mass is 16.2. The second-order valence-electron chi connectivity index (χ2n) is 6.98. The summed E-state index contributed by atoms with van der Waals surface area (Å²) >= 11 is 0. The second kappa shape index (κ2) is 5.68. The van der Waals surface area contributed by atoms with Crippen LogP contribution < -0.4 is 10.7 Å². The van der Waals surface area contributed by atoms with Crippen LogP contribution in [0, 0.1) is 30.6 Å². The fraction of sp³-hybridized carbons (Fsp3) is 0.444. The highest BCUT2D eigenvalue weighted by molar-refractivity contribution is 6.06. The summed E-state index contributed by atoms with van der Waals surface area (Å²) in [6.45, 7) is 2.00. The molecule has 3 amide bonds. The molecule has 1 aromatic heterocycles. The number of H-pyrrole nitrogens is 1. The molecule has 25 heavy (non-hydrogen) atoms. The summed E-state index contributed by atoms with van der Waals surface area (Å²) in [4.78, 5) is 53.0. The Morgan fingerprint density at radius 3 is 2.44 bits per heavy atom. The van der Waals surface area contributed by atoms with Crippen molar-refractivity contribution in [3.63, 3.8) is 0 Å². The van der Waals surface area contributed by atoms with E-state index in [9.17, 15) is 19.2 Å². The van der Waals surface area contributed by atoms with Crippen molar-refractivity contribution in [2.24, 2.45) is 23.7 Å². The van der Waals surface area contributed by atoms with E-state index in [4.69, 9.17) is 0 Å². The first-order chi connectivity index (χ1) is 12.0. The quantitative estimate of drug-likeness (QED) is 0.604. The van der Waals surface area contributed by atoms with Gasteiger partial charge in [0.05, 0.1) is 11.8 Å². The number of aryl methyl sites for hydroxylation is 1.